The highest BCUT2D eigenvalue weighted by molar-refractivity contribution is 14.0. The first-order valence-corrected chi connectivity index (χ1v) is 7.88. The van der Waals surface area contributed by atoms with E-state index in [1.807, 2.05) is 6.08 Å². The molecule has 1 heterocycles. The molecule has 0 radical (unpaired) electrons. The van der Waals surface area contributed by atoms with Gasteiger partial charge in [0.1, 0.15) is 0 Å². The zero-order valence-electron chi connectivity index (χ0n) is 13.8. The van der Waals surface area contributed by atoms with Crippen molar-refractivity contribution in [1.82, 2.24) is 10.6 Å². The van der Waals surface area contributed by atoms with Crippen LogP contribution in [0.25, 0.3) is 0 Å². The van der Waals surface area contributed by atoms with Crippen molar-refractivity contribution in [2.45, 2.75) is 13.5 Å². The summed E-state index contributed by atoms with van der Waals surface area (Å²) in [7, 11) is 0. The lowest BCUT2D eigenvalue weighted by Crippen LogP contribution is -2.37. The van der Waals surface area contributed by atoms with Gasteiger partial charge in [-0.2, -0.15) is 0 Å². The minimum atomic E-state index is 0. The molecule has 1 aromatic carbocycles. The average molecular weight is 430 g/mol. The van der Waals surface area contributed by atoms with E-state index in [4.69, 9.17) is 4.74 Å². The van der Waals surface area contributed by atoms with Crippen LogP contribution >= 0.6 is 24.0 Å². The summed E-state index contributed by atoms with van der Waals surface area (Å²) >= 11 is 0. The van der Waals surface area contributed by atoms with Gasteiger partial charge in [0, 0.05) is 31.9 Å². The topological polar surface area (TPSA) is 48.9 Å². The molecule has 6 heteroatoms. The first-order chi connectivity index (χ1) is 10.8. The van der Waals surface area contributed by atoms with Crippen LogP contribution in [-0.2, 0) is 11.3 Å². The molecule has 0 saturated carbocycles. The Morgan fingerprint density at radius 1 is 1.30 bits per heavy atom. The summed E-state index contributed by atoms with van der Waals surface area (Å²) in [5.41, 5.74) is 2.49. The van der Waals surface area contributed by atoms with Gasteiger partial charge in [-0.15, -0.1) is 30.6 Å². The van der Waals surface area contributed by atoms with Crippen LogP contribution in [0.1, 0.15) is 12.5 Å². The summed E-state index contributed by atoms with van der Waals surface area (Å²) < 4.78 is 5.44. The number of guanidine groups is 1. The molecule has 23 heavy (non-hydrogen) atoms. The van der Waals surface area contributed by atoms with Crippen molar-refractivity contribution < 1.29 is 4.74 Å². The molecule has 1 aliphatic rings. The minimum absolute atomic E-state index is 0. The largest absolute Gasteiger partial charge is 0.378 e. The van der Waals surface area contributed by atoms with Gasteiger partial charge < -0.3 is 20.3 Å². The van der Waals surface area contributed by atoms with Crippen molar-refractivity contribution in [3.63, 3.8) is 0 Å². The van der Waals surface area contributed by atoms with Crippen LogP contribution in [-0.4, -0.2) is 45.4 Å². The van der Waals surface area contributed by atoms with Gasteiger partial charge >= 0.3 is 0 Å². The first-order valence-electron chi connectivity index (χ1n) is 7.88. The smallest absolute Gasteiger partial charge is 0.191 e. The van der Waals surface area contributed by atoms with E-state index < -0.39 is 0 Å². The number of para-hydroxylation sites is 1. The molecule has 128 valence electrons. The SMILES string of the molecule is C=CCNC(=NCc1ccccc1N1CCOCC1)NCC.I. The van der Waals surface area contributed by atoms with E-state index in [2.05, 4.69) is 58.3 Å². The molecule has 2 N–H and O–H groups in total. The van der Waals surface area contributed by atoms with Crippen LogP contribution in [0.15, 0.2) is 41.9 Å². The van der Waals surface area contributed by atoms with Crippen LogP contribution in [0.4, 0.5) is 5.69 Å². The second-order valence-electron chi connectivity index (χ2n) is 5.09. The maximum Gasteiger partial charge on any atom is 0.191 e. The van der Waals surface area contributed by atoms with Crippen LogP contribution in [0.3, 0.4) is 0 Å². The van der Waals surface area contributed by atoms with E-state index in [0.29, 0.717) is 13.1 Å². The van der Waals surface area contributed by atoms with Crippen LogP contribution in [0.2, 0.25) is 0 Å². The highest BCUT2D eigenvalue weighted by Gasteiger charge is 2.14. The van der Waals surface area contributed by atoms with Gasteiger partial charge in [0.05, 0.1) is 19.8 Å². The zero-order chi connectivity index (χ0) is 15.6. The number of halogens is 1. The summed E-state index contributed by atoms with van der Waals surface area (Å²) in [6, 6.07) is 8.46. The molecular formula is C17H27IN4O. The van der Waals surface area contributed by atoms with Gasteiger partial charge in [-0.25, -0.2) is 4.99 Å². The Kier molecular flexibility index (Phi) is 9.70. The van der Waals surface area contributed by atoms with Crippen molar-refractivity contribution in [2.75, 3.05) is 44.3 Å². The second-order valence-corrected chi connectivity index (χ2v) is 5.09. The fourth-order valence-electron chi connectivity index (χ4n) is 2.43. The van der Waals surface area contributed by atoms with Gasteiger partial charge in [-0.05, 0) is 18.6 Å². The maximum atomic E-state index is 5.44. The number of hydrogen-bond donors (Lipinski definition) is 2. The quantitative estimate of drug-likeness (QED) is 0.315. The molecule has 0 aromatic heterocycles. The van der Waals surface area contributed by atoms with E-state index in [9.17, 15) is 0 Å². The lowest BCUT2D eigenvalue weighted by atomic mass is 10.1. The Balaban J connectivity index is 0.00000264. The van der Waals surface area contributed by atoms with Crippen molar-refractivity contribution in [3.8, 4) is 0 Å². The molecule has 1 aliphatic heterocycles. The third-order valence-corrected chi connectivity index (χ3v) is 3.51. The van der Waals surface area contributed by atoms with Gasteiger partial charge in [0.2, 0.25) is 0 Å². The Morgan fingerprint density at radius 2 is 2.04 bits per heavy atom. The molecule has 0 amide bonds. The van der Waals surface area contributed by atoms with Crippen molar-refractivity contribution in [1.29, 1.82) is 0 Å². The van der Waals surface area contributed by atoms with Gasteiger partial charge in [-0.3, -0.25) is 0 Å². The summed E-state index contributed by atoms with van der Waals surface area (Å²) in [6.07, 6.45) is 1.83. The third-order valence-electron chi connectivity index (χ3n) is 3.51. The Hall–Kier alpha value is -1.28. The number of ether oxygens (including phenoxy) is 1. The highest BCUT2D eigenvalue weighted by atomic mass is 127. The molecule has 0 atom stereocenters. The summed E-state index contributed by atoms with van der Waals surface area (Å²) in [5, 5.41) is 6.47. The second kappa shape index (κ2) is 11.3. The summed E-state index contributed by atoms with van der Waals surface area (Å²) in [6.45, 7) is 11.4. The number of rotatable bonds is 6. The Labute approximate surface area is 156 Å². The number of nitrogens with one attached hydrogen (secondary N) is 2. The predicted octanol–water partition coefficient (Wildman–Crippen LogP) is 2.38. The third kappa shape index (κ3) is 6.39. The number of aliphatic imine (C=N–C) groups is 1. The van der Waals surface area contributed by atoms with Crippen LogP contribution < -0.4 is 15.5 Å². The molecule has 0 bridgehead atoms. The molecule has 0 spiro atoms. The number of nitrogens with zero attached hydrogens (tertiary/aromatic N) is 2. The number of morpholine rings is 1. The van der Waals surface area contributed by atoms with Crippen LogP contribution in [0.5, 0.6) is 0 Å². The van der Waals surface area contributed by atoms with Gasteiger partial charge in [0.15, 0.2) is 5.96 Å². The number of anilines is 1. The Morgan fingerprint density at radius 3 is 2.74 bits per heavy atom. The molecule has 0 unspecified atom stereocenters. The molecule has 2 rings (SSSR count). The van der Waals surface area contributed by atoms with E-state index >= 15 is 0 Å². The van der Waals surface area contributed by atoms with E-state index in [-0.39, 0.29) is 24.0 Å². The lowest BCUT2D eigenvalue weighted by Gasteiger charge is -2.30. The van der Waals surface area contributed by atoms with E-state index in [1.165, 1.54) is 11.3 Å². The van der Waals surface area contributed by atoms with Gasteiger partial charge in [0.25, 0.3) is 0 Å². The highest BCUT2D eigenvalue weighted by Crippen LogP contribution is 2.22. The normalized spacial score (nSPS) is 14.8. The lowest BCUT2D eigenvalue weighted by molar-refractivity contribution is 0.122. The molecule has 1 aromatic rings. The average Bonchev–Trinajstić information content (AvgIpc) is 2.58. The minimum Gasteiger partial charge on any atom is -0.378 e. The molecule has 1 saturated heterocycles. The molecule has 0 aliphatic carbocycles. The zero-order valence-corrected chi connectivity index (χ0v) is 16.1. The van der Waals surface area contributed by atoms with E-state index in [1.54, 1.807) is 0 Å². The monoisotopic (exact) mass is 430 g/mol. The maximum absolute atomic E-state index is 5.44. The fraction of sp³-hybridized carbons (Fsp3) is 0.471. The van der Waals surface area contributed by atoms with Gasteiger partial charge in [-0.1, -0.05) is 24.3 Å². The van der Waals surface area contributed by atoms with Crippen molar-refractivity contribution in [3.05, 3.63) is 42.5 Å². The number of benzene rings is 1. The molecule has 5 nitrogen and oxygen atoms in total. The summed E-state index contributed by atoms with van der Waals surface area (Å²) in [5.74, 6) is 0.819. The van der Waals surface area contributed by atoms with Crippen molar-refractivity contribution >= 4 is 35.6 Å². The summed E-state index contributed by atoms with van der Waals surface area (Å²) in [4.78, 5) is 7.04. The predicted molar refractivity (Wildman–Crippen MR) is 108 cm³/mol. The Bertz CT molecular complexity index is 501. The number of hydrogen-bond acceptors (Lipinski definition) is 3. The van der Waals surface area contributed by atoms with E-state index in [0.717, 1.165) is 38.8 Å². The fourth-order valence-corrected chi connectivity index (χ4v) is 2.43. The van der Waals surface area contributed by atoms with Crippen LogP contribution in [0, 0.1) is 0 Å². The first kappa shape index (κ1) is 19.8. The molecular weight excluding hydrogens is 403 g/mol. The standard InChI is InChI=1S/C17H26N4O.HI/c1-3-9-19-17(18-4-2)20-14-15-7-5-6-8-16(15)21-10-12-22-13-11-21;/h3,5-8H,1,4,9-14H2,2H3,(H2,18,19,20);1H. The molecule has 1 fully saturated rings. The van der Waals surface area contributed by atoms with Crippen molar-refractivity contribution in [2.24, 2.45) is 4.99 Å².